The zero-order chi connectivity index (χ0) is 14.8. The zero-order valence-electron chi connectivity index (χ0n) is 13.5. The van der Waals surface area contributed by atoms with Crippen molar-refractivity contribution in [1.82, 2.24) is 14.9 Å². The van der Waals surface area contributed by atoms with Gasteiger partial charge in [0.1, 0.15) is 5.82 Å². The van der Waals surface area contributed by atoms with E-state index in [4.69, 9.17) is 4.98 Å². The molecule has 3 nitrogen and oxygen atoms in total. The number of hydrogen-bond donors (Lipinski definition) is 1. The Morgan fingerprint density at radius 3 is 2.86 bits per heavy atom. The molecule has 0 radical (unpaired) electrons. The van der Waals surface area contributed by atoms with Crippen LogP contribution in [-0.4, -0.2) is 22.6 Å². The monoisotopic (exact) mass is 285 g/mol. The number of imidazole rings is 1. The first-order valence-electron chi connectivity index (χ1n) is 8.37. The molecule has 0 aliphatic heterocycles. The number of nitrogens with zero attached hydrogens (tertiary/aromatic N) is 2. The largest absolute Gasteiger partial charge is 0.323 e. The van der Waals surface area contributed by atoms with Crippen molar-refractivity contribution in [3.8, 4) is 0 Å². The zero-order valence-corrected chi connectivity index (χ0v) is 13.5. The van der Waals surface area contributed by atoms with Gasteiger partial charge in [-0.2, -0.15) is 0 Å². The number of benzene rings is 1. The summed E-state index contributed by atoms with van der Waals surface area (Å²) in [5.41, 5.74) is 2.45. The Labute approximate surface area is 127 Å². The maximum atomic E-state index is 4.91. The molecule has 114 valence electrons. The Bertz CT molecular complexity index is 602. The molecule has 1 aromatic heterocycles. The van der Waals surface area contributed by atoms with Crippen molar-refractivity contribution in [2.75, 3.05) is 7.05 Å². The summed E-state index contributed by atoms with van der Waals surface area (Å²) in [5, 5.41) is 3.55. The molecule has 0 saturated heterocycles. The molecule has 1 heterocycles. The van der Waals surface area contributed by atoms with Gasteiger partial charge in [0.2, 0.25) is 0 Å². The van der Waals surface area contributed by atoms with Crippen molar-refractivity contribution in [2.24, 2.45) is 5.92 Å². The van der Waals surface area contributed by atoms with Crippen molar-refractivity contribution in [3.63, 3.8) is 0 Å². The highest BCUT2D eigenvalue weighted by Gasteiger charge is 2.31. The predicted molar refractivity (Wildman–Crippen MR) is 88.6 cm³/mol. The molecule has 3 heteroatoms. The van der Waals surface area contributed by atoms with Crippen LogP contribution in [0.15, 0.2) is 24.3 Å². The number of likely N-dealkylation sites (N-methyl/N-ethyl adjacent to an activating group) is 1. The molecule has 1 N–H and O–H groups in total. The second kappa shape index (κ2) is 6.18. The summed E-state index contributed by atoms with van der Waals surface area (Å²) >= 11 is 0. The van der Waals surface area contributed by atoms with E-state index in [9.17, 15) is 0 Å². The Morgan fingerprint density at radius 1 is 1.29 bits per heavy atom. The predicted octanol–water partition coefficient (Wildman–Crippen LogP) is 3.94. The second-order valence-electron chi connectivity index (χ2n) is 6.52. The van der Waals surface area contributed by atoms with Gasteiger partial charge in [0, 0.05) is 12.5 Å². The summed E-state index contributed by atoms with van der Waals surface area (Å²) in [6.07, 6.45) is 6.06. The summed E-state index contributed by atoms with van der Waals surface area (Å²) < 4.78 is 2.54. The van der Waals surface area contributed by atoms with E-state index in [0.717, 1.165) is 24.3 Å². The fourth-order valence-corrected chi connectivity index (χ4v) is 3.84. The molecule has 0 bridgehead atoms. The summed E-state index contributed by atoms with van der Waals surface area (Å²) in [7, 11) is 2.10. The SMILES string of the molecule is CCCc1nc2ccccc2n1C1CC(C)CCC1NC. The minimum absolute atomic E-state index is 0.535. The molecule has 1 aromatic carbocycles. The van der Waals surface area contributed by atoms with Crippen molar-refractivity contribution in [1.29, 1.82) is 0 Å². The number of aromatic nitrogens is 2. The lowest BCUT2D eigenvalue weighted by Crippen LogP contribution is -2.40. The van der Waals surface area contributed by atoms with Crippen LogP contribution in [0.2, 0.25) is 0 Å². The average molecular weight is 285 g/mol. The number of fused-ring (bicyclic) bond motifs is 1. The molecule has 0 spiro atoms. The Hall–Kier alpha value is -1.35. The van der Waals surface area contributed by atoms with Crippen LogP contribution in [0.25, 0.3) is 11.0 Å². The van der Waals surface area contributed by atoms with Crippen LogP contribution in [0.1, 0.15) is 51.4 Å². The molecule has 3 atom stereocenters. The van der Waals surface area contributed by atoms with Gasteiger partial charge in [-0.1, -0.05) is 26.0 Å². The van der Waals surface area contributed by atoms with Crippen molar-refractivity contribution < 1.29 is 0 Å². The highest BCUT2D eigenvalue weighted by molar-refractivity contribution is 5.76. The van der Waals surface area contributed by atoms with Gasteiger partial charge < -0.3 is 9.88 Å². The molecule has 1 aliphatic rings. The first-order chi connectivity index (χ1) is 10.2. The van der Waals surface area contributed by atoms with E-state index >= 15 is 0 Å². The molecule has 1 saturated carbocycles. The van der Waals surface area contributed by atoms with Gasteiger partial charge in [-0.25, -0.2) is 4.98 Å². The molecule has 1 fully saturated rings. The number of aryl methyl sites for hydroxylation is 1. The first kappa shape index (κ1) is 14.6. The van der Waals surface area contributed by atoms with Crippen LogP contribution in [0.5, 0.6) is 0 Å². The topological polar surface area (TPSA) is 29.9 Å². The average Bonchev–Trinajstić information content (AvgIpc) is 2.85. The highest BCUT2D eigenvalue weighted by Crippen LogP contribution is 2.35. The van der Waals surface area contributed by atoms with Crippen LogP contribution >= 0.6 is 0 Å². The smallest absolute Gasteiger partial charge is 0.110 e. The van der Waals surface area contributed by atoms with E-state index in [1.165, 1.54) is 30.6 Å². The van der Waals surface area contributed by atoms with Gasteiger partial charge in [0.15, 0.2) is 0 Å². The van der Waals surface area contributed by atoms with Crippen LogP contribution in [0, 0.1) is 5.92 Å². The standard InChI is InChI=1S/C18H27N3/c1-4-7-18-20-15-8-5-6-9-16(15)21(18)17-12-13(2)10-11-14(17)19-3/h5-6,8-9,13-14,17,19H,4,7,10-12H2,1-3H3. The van der Waals surface area contributed by atoms with Gasteiger partial charge in [-0.3, -0.25) is 0 Å². The number of hydrogen-bond acceptors (Lipinski definition) is 2. The fraction of sp³-hybridized carbons (Fsp3) is 0.611. The fourth-order valence-electron chi connectivity index (χ4n) is 3.84. The van der Waals surface area contributed by atoms with E-state index in [0.29, 0.717) is 12.1 Å². The summed E-state index contributed by atoms with van der Waals surface area (Å²) in [6.45, 7) is 4.63. The number of rotatable bonds is 4. The van der Waals surface area contributed by atoms with Gasteiger partial charge in [-0.05, 0) is 50.8 Å². The van der Waals surface area contributed by atoms with Gasteiger partial charge in [0.25, 0.3) is 0 Å². The summed E-state index contributed by atoms with van der Waals surface area (Å²) in [4.78, 5) is 4.91. The van der Waals surface area contributed by atoms with Crippen molar-refractivity contribution in [3.05, 3.63) is 30.1 Å². The molecular weight excluding hydrogens is 258 g/mol. The van der Waals surface area contributed by atoms with E-state index in [-0.39, 0.29) is 0 Å². The molecule has 3 unspecified atom stereocenters. The number of para-hydroxylation sites is 2. The van der Waals surface area contributed by atoms with Gasteiger partial charge in [-0.15, -0.1) is 0 Å². The lowest BCUT2D eigenvalue weighted by Gasteiger charge is -2.36. The molecule has 0 amide bonds. The van der Waals surface area contributed by atoms with Crippen molar-refractivity contribution in [2.45, 2.75) is 58.0 Å². The van der Waals surface area contributed by atoms with E-state index in [1.54, 1.807) is 0 Å². The molecule has 3 rings (SSSR count). The molecular formula is C18H27N3. The van der Waals surface area contributed by atoms with Crippen LogP contribution in [0.4, 0.5) is 0 Å². The van der Waals surface area contributed by atoms with E-state index in [2.05, 4.69) is 55.0 Å². The van der Waals surface area contributed by atoms with Gasteiger partial charge >= 0.3 is 0 Å². The van der Waals surface area contributed by atoms with Gasteiger partial charge in [0.05, 0.1) is 17.1 Å². The quantitative estimate of drug-likeness (QED) is 0.922. The van der Waals surface area contributed by atoms with E-state index < -0.39 is 0 Å². The molecule has 1 aliphatic carbocycles. The minimum atomic E-state index is 0.535. The lowest BCUT2D eigenvalue weighted by atomic mass is 9.83. The Balaban J connectivity index is 2.09. The highest BCUT2D eigenvalue weighted by atomic mass is 15.1. The number of nitrogens with one attached hydrogen (secondary N) is 1. The molecule has 2 aromatic rings. The maximum absolute atomic E-state index is 4.91. The lowest BCUT2D eigenvalue weighted by molar-refractivity contribution is 0.223. The van der Waals surface area contributed by atoms with Crippen LogP contribution in [0.3, 0.4) is 0 Å². The maximum Gasteiger partial charge on any atom is 0.110 e. The summed E-state index contributed by atoms with van der Waals surface area (Å²) in [5.74, 6) is 2.06. The molecule has 21 heavy (non-hydrogen) atoms. The third kappa shape index (κ3) is 2.71. The van der Waals surface area contributed by atoms with Crippen LogP contribution in [-0.2, 0) is 6.42 Å². The third-order valence-corrected chi connectivity index (χ3v) is 4.92. The Kier molecular flexibility index (Phi) is 4.29. The third-order valence-electron chi connectivity index (χ3n) is 4.92. The minimum Gasteiger partial charge on any atom is -0.323 e. The normalized spacial score (nSPS) is 26.3. The first-order valence-corrected chi connectivity index (χ1v) is 8.37. The summed E-state index contributed by atoms with van der Waals surface area (Å²) in [6, 6.07) is 9.70. The van der Waals surface area contributed by atoms with E-state index in [1.807, 2.05) is 0 Å². The Morgan fingerprint density at radius 2 is 2.10 bits per heavy atom. The van der Waals surface area contributed by atoms with Crippen molar-refractivity contribution >= 4 is 11.0 Å². The van der Waals surface area contributed by atoms with Crippen LogP contribution < -0.4 is 5.32 Å². The second-order valence-corrected chi connectivity index (χ2v) is 6.52.